The fraction of sp³-hybridized carbons (Fsp3) is 0.417. The zero-order valence-electron chi connectivity index (χ0n) is 18.1. The zero-order chi connectivity index (χ0) is 21.4. The van der Waals surface area contributed by atoms with E-state index >= 15 is 0 Å². The van der Waals surface area contributed by atoms with Crippen molar-refractivity contribution in [3.05, 3.63) is 65.7 Å². The molecule has 2 rings (SSSR count). The van der Waals surface area contributed by atoms with Gasteiger partial charge in [-0.15, -0.1) is 0 Å². The monoisotopic (exact) mass is 396 g/mol. The van der Waals surface area contributed by atoms with E-state index in [0.29, 0.717) is 18.7 Å². The number of ether oxygens (including phenoxy) is 1. The molecule has 0 aliphatic heterocycles. The SMILES string of the molecule is CNC(=O)C(C)N(CCc1ccccc1)C(=O)COc1ccc(C(C)(C)C)cc1. The van der Waals surface area contributed by atoms with Gasteiger partial charge in [0.1, 0.15) is 11.8 Å². The second kappa shape index (κ2) is 10.1. The van der Waals surface area contributed by atoms with Crippen molar-refractivity contribution in [1.82, 2.24) is 10.2 Å². The number of amides is 2. The molecule has 0 fully saturated rings. The molecule has 1 unspecified atom stereocenters. The highest BCUT2D eigenvalue weighted by Crippen LogP contribution is 2.24. The molecule has 0 aliphatic carbocycles. The van der Waals surface area contributed by atoms with Gasteiger partial charge < -0.3 is 15.0 Å². The molecule has 2 amide bonds. The van der Waals surface area contributed by atoms with Crippen LogP contribution in [0.4, 0.5) is 0 Å². The van der Waals surface area contributed by atoms with Crippen LogP contribution in [0.3, 0.4) is 0 Å². The highest BCUT2D eigenvalue weighted by molar-refractivity contribution is 5.87. The molecule has 0 bridgehead atoms. The van der Waals surface area contributed by atoms with E-state index in [2.05, 4.69) is 26.1 Å². The molecule has 0 aromatic heterocycles. The Bertz CT molecular complexity index is 795. The summed E-state index contributed by atoms with van der Waals surface area (Å²) in [7, 11) is 1.58. The van der Waals surface area contributed by atoms with Gasteiger partial charge >= 0.3 is 0 Å². The summed E-state index contributed by atoms with van der Waals surface area (Å²) in [5.74, 6) is 0.236. The molecule has 0 saturated carbocycles. The maximum absolute atomic E-state index is 12.8. The van der Waals surface area contributed by atoms with Crippen molar-refractivity contribution >= 4 is 11.8 Å². The van der Waals surface area contributed by atoms with Gasteiger partial charge in [-0.25, -0.2) is 0 Å². The van der Waals surface area contributed by atoms with Crippen LogP contribution >= 0.6 is 0 Å². The predicted molar refractivity (Wildman–Crippen MR) is 116 cm³/mol. The molecule has 5 nitrogen and oxygen atoms in total. The van der Waals surface area contributed by atoms with Crippen molar-refractivity contribution in [3.63, 3.8) is 0 Å². The summed E-state index contributed by atoms with van der Waals surface area (Å²) < 4.78 is 5.71. The molecular formula is C24H32N2O3. The maximum atomic E-state index is 12.8. The Morgan fingerprint density at radius 2 is 1.66 bits per heavy atom. The van der Waals surface area contributed by atoms with Gasteiger partial charge in [-0.1, -0.05) is 63.2 Å². The van der Waals surface area contributed by atoms with Crippen LogP contribution in [-0.4, -0.2) is 43.0 Å². The average molecular weight is 397 g/mol. The zero-order valence-corrected chi connectivity index (χ0v) is 18.1. The van der Waals surface area contributed by atoms with Crippen molar-refractivity contribution in [2.24, 2.45) is 0 Å². The van der Waals surface area contributed by atoms with Crippen molar-refractivity contribution < 1.29 is 14.3 Å². The van der Waals surface area contributed by atoms with Crippen LogP contribution < -0.4 is 10.1 Å². The van der Waals surface area contributed by atoms with Crippen LogP contribution in [-0.2, 0) is 21.4 Å². The van der Waals surface area contributed by atoms with Crippen molar-refractivity contribution in [2.75, 3.05) is 20.2 Å². The number of carbonyl (C=O) groups excluding carboxylic acids is 2. The van der Waals surface area contributed by atoms with E-state index in [9.17, 15) is 9.59 Å². The van der Waals surface area contributed by atoms with Gasteiger partial charge in [-0.05, 0) is 42.0 Å². The minimum Gasteiger partial charge on any atom is -0.484 e. The van der Waals surface area contributed by atoms with Gasteiger partial charge in [0.2, 0.25) is 5.91 Å². The van der Waals surface area contributed by atoms with Crippen molar-refractivity contribution in [2.45, 2.75) is 45.6 Å². The number of likely N-dealkylation sites (N-methyl/N-ethyl adjacent to an activating group) is 1. The van der Waals surface area contributed by atoms with Crippen LogP contribution in [0.1, 0.15) is 38.8 Å². The first-order chi connectivity index (χ1) is 13.7. The number of rotatable bonds is 8. The molecule has 29 heavy (non-hydrogen) atoms. The fourth-order valence-corrected chi connectivity index (χ4v) is 3.06. The Hall–Kier alpha value is -2.82. The summed E-state index contributed by atoms with van der Waals surface area (Å²) in [5, 5.41) is 2.62. The second-order valence-electron chi connectivity index (χ2n) is 8.18. The fourth-order valence-electron chi connectivity index (χ4n) is 3.06. The molecule has 1 atom stereocenters. The minimum absolute atomic E-state index is 0.0610. The van der Waals surface area contributed by atoms with Crippen molar-refractivity contribution in [1.29, 1.82) is 0 Å². The lowest BCUT2D eigenvalue weighted by Crippen LogP contribution is -2.49. The Labute approximate surface area is 174 Å². The van der Waals surface area contributed by atoms with Crippen LogP contribution in [0, 0.1) is 0 Å². The van der Waals surface area contributed by atoms with Gasteiger partial charge in [-0.2, -0.15) is 0 Å². The number of nitrogens with zero attached hydrogens (tertiary/aromatic N) is 1. The Balaban J connectivity index is 2.03. The second-order valence-corrected chi connectivity index (χ2v) is 8.18. The standard InChI is InChI=1S/C24H32N2O3/c1-18(23(28)25-5)26(16-15-19-9-7-6-8-10-19)22(27)17-29-21-13-11-20(12-14-21)24(2,3)4/h6-14,18H,15-17H2,1-5H3,(H,25,28). The molecule has 156 valence electrons. The van der Waals surface area contributed by atoms with E-state index in [1.165, 1.54) is 5.56 Å². The quantitative estimate of drug-likeness (QED) is 0.742. The number of carbonyl (C=O) groups is 2. The van der Waals surface area contributed by atoms with Gasteiger partial charge in [0, 0.05) is 13.6 Å². The first-order valence-corrected chi connectivity index (χ1v) is 10.0. The number of nitrogens with one attached hydrogen (secondary N) is 1. The summed E-state index contributed by atoms with van der Waals surface area (Å²) in [4.78, 5) is 26.6. The smallest absolute Gasteiger partial charge is 0.261 e. The molecule has 0 saturated heterocycles. The predicted octanol–water partition coefficient (Wildman–Crippen LogP) is 3.57. The average Bonchev–Trinajstić information content (AvgIpc) is 2.72. The third-order valence-electron chi connectivity index (χ3n) is 4.98. The summed E-state index contributed by atoms with van der Waals surface area (Å²) in [6.07, 6.45) is 0.675. The molecule has 2 aromatic carbocycles. The number of benzene rings is 2. The van der Waals surface area contributed by atoms with E-state index < -0.39 is 6.04 Å². The lowest BCUT2D eigenvalue weighted by atomic mass is 9.87. The molecule has 5 heteroatoms. The van der Waals surface area contributed by atoms with E-state index in [1.54, 1.807) is 18.9 Å². The Kier molecular flexibility index (Phi) is 7.82. The summed E-state index contributed by atoms with van der Waals surface area (Å²) in [6, 6.07) is 17.1. The van der Waals surface area contributed by atoms with E-state index in [1.807, 2.05) is 54.6 Å². The van der Waals surface area contributed by atoms with E-state index in [4.69, 9.17) is 4.74 Å². The molecule has 2 aromatic rings. The molecule has 0 heterocycles. The van der Waals surface area contributed by atoms with E-state index in [-0.39, 0.29) is 23.8 Å². The van der Waals surface area contributed by atoms with Gasteiger partial charge in [0.05, 0.1) is 0 Å². The van der Waals surface area contributed by atoms with Gasteiger partial charge in [-0.3, -0.25) is 9.59 Å². The van der Waals surface area contributed by atoms with Gasteiger partial charge in [0.15, 0.2) is 6.61 Å². The lowest BCUT2D eigenvalue weighted by molar-refractivity contribution is -0.141. The van der Waals surface area contributed by atoms with Crippen LogP contribution in [0.2, 0.25) is 0 Å². The van der Waals surface area contributed by atoms with Gasteiger partial charge in [0.25, 0.3) is 5.91 Å². The van der Waals surface area contributed by atoms with Crippen LogP contribution in [0.25, 0.3) is 0 Å². The van der Waals surface area contributed by atoms with Crippen molar-refractivity contribution in [3.8, 4) is 5.75 Å². The summed E-state index contributed by atoms with van der Waals surface area (Å²) in [5.41, 5.74) is 2.38. The third kappa shape index (κ3) is 6.63. The van der Waals surface area contributed by atoms with Crippen LogP contribution in [0.5, 0.6) is 5.75 Å². The largest absolute Gasteiger partial charge is 0.484 e. The van der Waals surface area contributed by atoms with E-state index in [0.717, 1.165) is 5.56 Å². The Morgan fingerprint density at radius 3 is 2.21 bits per heavy atom. The topological polar surface area (TPSA) is 58.6 Å². The van der Waals surface area contributed by atoms with Crippen LogP contribution in [0.15, 0.2) is 54.6 Å². The molecule has 0 spiro atoms. The summed E-state index contributed by atoms with van der Waals surface area (Å²) >= 11 is 0. The highest BCUT2D eigenvalue weighted by Gasteiger charge is 2.25. The Morgan fingerprint density at radius 1 is 1.03 bits per heavy atom. The molecular weight excluding hydrogens is 364 g/mol. The number of hydrogen-bond acceptors (Lipinski definition) is 3. The summed E-state index contributed by atoms with van der Waals surface area (Å²) in [6.45, 7) is 8.53. The molecule has 0 radical (unpaired) electrons. The first kappa shape index (κ1) is 22.5. The number of hydrogen-bond donors (Lipinski definition) is 1. The lowest BCUT2D eigenvalue weighted by Gasteiger charge is -2.28. The normalized spacial score (nSPS) is 12.2. The molecule has 0 aliphatic rings. The third-order valence-corrected chi connectivity index (χ3v) is 4.98. The first-order valence-electron chi connectivity index (χ1n) is 10.0. The minimum atomic E-state index is -0.567. The maximum Gasteiger partial charge on any atom is 0.261 e. The molecule has 1 N–H and O–H groups in total. The highest BCUT2D eigenvalue weighted by atomic mass is 16.5.